The number of fused-ring (bicyclic) bond motifs is 2. The van der Waals surface area contributed by atoms with Gasteiger partial charge < -0.3 is 9.64 Å². The van der Waals surface area contributed by atoms with E-state index in [1.807, 2.05) is 19.2 Å². The zero-order valence-corrected chi connectivity index (χ0v) is 18.7. The number of hydrogen-bond acceptors (Lipinski definition) is 4. The second kappa shape index (κ2) is 8.43. The lowest BCUT2D eigenvalue weighted by Crippen LogP contribution is -2.53. The summed E-state index contributed by atoms with van der Waals surface area (Å²) >= 11 is 0. The first-order valence-corrected chi connectivity index (χ1v) is 11.4. The van der Waals surface area contributed by atoms with Crippen LogP contribution in [0.15, 0.2) is 48.7 Å². The highest BCUT2D eigenvalue weighted by Crippen LogP contribution is 2.41. The monoisotopic (exact) mass is 431 g/mol. The Bertz CT molecular complexity index is 1150. The molecule has 3 heterocycles. The first-order valence-electron chi connectivity index (χ1n) is 11.4. The van der Waals surface area contributed by atoms with Crippen molar-refractivity contribution in [3.8, 4) is 16.9 Å². The molecule has 32 heavy (non-hydrogen) atoms. The summed E-state index contributed by atoms with van der Waals surface area (Å²) in [6.45, 7) is 5.82. The number of hydrogen-bond donors (Lipinski definition) is 1. The molecule has 0 aliphatic carbocycles. The average molecular weight is 432 g/mol. The zero-order valence-electron chi connectivity index (χ0n) is 18.7. The van der Waals surface area contributed by atoms with Gasteiger partial charge in [0.2, 0.25) is 0 Å². The van der Waals surface area contributed by atoms with Crippen molar-refractivity contribution in [2.24, 2.45) is 0 Å². The van der Waals surface area contributed by atoms with E-state index in [1.54, 1.807) is 4.90 Å². The Hall–Kier alpha value is -3.12. The maximum absolute atomic E-state index is 12.2. The summed E-state index contributed by atoms with van der Waals surface area (Å²) in [6, 6.07) is 14.6. The van der Waals surface area contributed by atoms with E-state index in [2.05, 4.69) is 53.8 Å². The van der Waals surface area contributed by atoms with E-state index in [9.17, 15) is 4.79 Å². The molecule has 0 unspecified atom stereocenters. The summed E-state index contributed by atoms with van der Waals surface area (Å²) in [7, 11) is 0. The quantitative estimate of drug-likeness (QED) is 0.591. The number of urea groups is 1. The maximum Gasteiger partial charge on any atom is 0.341 e. The van der Waals surface area contributed by atoms with Crippen molar-refractivity contribution in [2.45, 2.75) is 45.1 Å². The first kappa shape index (κ1) is 20.8. The molecule has 1 saturated heterocycles. The molecule has 2 aliphatic heterocycles. The molecule has 2 aromatic carbocycles. The van der Waals surface area contributed by atoms with Crippen molar-refractivity contribution in [1.29, 1.82) is 0 Å². The smallest absolute Gasteiger partial charge is 0.341 e. The topological polar surface area (TPSA) is 63.7 Å². The second-order valence-corrected chi connectivity index (χ2v) is 8.75. The van der Waals surface area contributed by atoms with Crippen LogP contribution in [0.4, 0.5) is 4.79 Å². The Balaban J connectivity index is 1.33. The number of hydroxylamine groups is 1. The van der Waals surface area contributed by atoms with Gasteiger partial charge in [0.05, 0.1) is 12.1 Å². The van der Waals surface area contributed by atoms with Crippen molar-refractivity contribution < 1.29 is 14.4 Å². The minimum atomic E-state index is -0.183. The molecule has 6 nitrogen and oxygen atoms in total. The minimum Gasteiger partial charge on any atom is -0.487 e. The number of piperidine rings is 1. The van der Waals surface area contributed by atoms with E-state index in [0.717, 1.165) is 36.9 Å². The molecule has 2 aliphatic rings. The fraction of sp³-hybridized carbons (Fsp3) is 0.385. The van der Waals surface area contributed by atoms with Crippen LogP contribution >= 0.6 is 0 Å². The zero-order chi connectivity index (χ0) is 22.1. The third-order valence-electron chi connectivity index (χ3n) is 6.86. The van der Waals surface area contributed by atoms with Gasteiger partial charge in [-0.3, -0.25) is 9.82 Å². The summed E-state index contributed by atoms with van der Waals surface area (Å²) in [5.41, 5.74) is 8.18. The van der Waals surface area contributed by atoms with Crippen LogP contribution in [-0.4, -0.2) is 41.2 Å². The van der Waals surface area contributed by atoms with Crippen molar-refractivity contribution in [3.05, 3.63) is 59.8 Å². The number of pyridine rings is 1. The van der Waals surface area contributed by atoms with E-state index >= 15 is 0 Å². The van der Waals surface area contributed by atoms with Crippen LogP contribution in [0.2, 0.25) is 0 Å². The van der Waals surface area contributed by atoms with Crippen LogP contribution < -0.4 is 10.2 Å². The standard InChI is InChI=1S/C26H29N3O3/c1-3-31-28-25(30)29-14-12-26(13-15-29)11-10-20-16-19(8-9-24(20)32-26)22-17-27-23-7-5-4-6-21(23)18(22)2/h4-9,16-17H,3,10-15H2,1-2H3,(H,28,30). The van der Waals surface area contributed by atoms with Crippen LogP contribution in [0.1, 0.15) is 37.3 Å². The van der Waals surface area contributed by atoms with Gasteiger partial charge in [-0.05, 0) is 61.6 Å². The van der Waals surface area contributed by atoms with Crippen LogP contribution in [0.5, 0.6) is 5.75 Å². The van der Waals surface area contributed by atoms with Crippen LogP contribution in [0.25, 0.3) is 22.0 Å². The second-order valence-electron chi connectivity index (χ2n) is 8.75. The highest BCUT2D eigenvalue weighted by Gasteiger charge is 2.40. The SMILES string of the molecule is CCONC(=O)N1CCC2(CCc3cc(-c4cnc5ccccc5c4C)ccc3O2)CC1. The molecule has 2 amide bonds. The van der Waals surface area contributed by atoms with Gasteiger partial charge in [-0.2, -0.15) is 0 Å². The normalized spacial score (nSPS) is 17.1. The van der Waals surface area contributed by atoms with Gasteiger partial charge in [0.25, 0.3) is 0 Å². The number of rotatable bonds is 3. The number of aryl methyl sites for hydroxylation is 2. The Morgan fingerprint density at radius 1 is 1.19 bits per heavy atom. The highest BCUT2D eigenvalue weighted by atomic mass is 16.7. The summed E-state index contributed by atoms with van der Waals surface area (Å²) < 4.78 is 6.56. The fourth-order valence-electron chi connectivity index (χ4n) is 4.93. The number of amides is 2. The van der Waals surface area contributed by atoms with Crippen molar-refractivity contribution in [3.63, 3.8) is 0 Å². The average Bonchev–Trinajstić information content (AvgIpc) is 2.83. The Morgan fingerprint density at radius 2 is 2.00 bits per heavy atom. The van der Waals surface area contributed by atoms with Gasteiger partial charge in [-0.1, -0.05) is 24.3 Å². The van der Waals surface area contributed by atoms with E-state index in [1.165, 1.54) is 27.6 Å². The summed E-state index contributed by atoms with van der Waals surface area (Å²) in [6.07, 6.45) is 5.60. The molecule has 166 valence electrons. The molecule has 0 bridgehead atoms. The third-order valence-corrected chi connectivity index (χ3v) is 6.86. The number of aromatic nitrogens is 1. The number of nitrogens with zero attached hydrogens (tertiary/aromatic N) is 2. The van der Waals surface area contributed by atoms with E-state index in [4.69, 9.17) is 9.57 Å². The minimum absolute atomic E-state index is 0.165. The molecule has 0 radical (unpaired) electrons. The van der Waals surface area contributed by atoms with E-state index in [-0.39, 0.29) is 11.6 Å². The maximum atomic E-state index is 12.2. The number of nitrogens with one attached hydrogen (secondary N) is 1. The third kappa shape index (κ3) is 3.79. The lowest BCUT2D eigenvalue weighted by atomic mass is 9.82. The summed E-state index contributed by atoms with van der Waals surface area (Å²) in [5, 5.41) is 1.19. The number of carbonyl (C=O) groups is 1. The van der Waals surface area contributed by atoms with E-state index < -0.39 is 0 Å². The lowest BCUT2D eigenvalue weighted by Gasteiger charge is -2.44. The molecular weight excluding hydrogens is 402 g/mol. The van der Waals surface area contributed by atoms with Crippen LogP contribution in [-0.2, 0) is 11.3 Å². The first-order chi connectivity index (χ1) is 15.6. The fourth-order valence-corrected chi connectivity index (χ4v) is 4.93. The Labute approximate surface area is 188 Å². The lowest BCUT2D eigenvalue weighted by molar-refractivity contribution is -0.0131. The van der Waals surface area contributed by atoms with E-state index in [0.29, 0.717) is 19.7 Å². The molecule has 1 fully saturated rings. The van der Waals surface area contributed by atoms with Gasteiger partial charge in [-0.15, -0.1) is 0 Å². The molecule has 0 atom stereocenters. The number of carbonyl (C=O) groups excluding carboxylic acids is 1. The predicted molar refractivity (Wildman–Crippen MR) is 125 cm³/mol. The highest BCUT2D eigenvalue weighted by molar-refractivity contribution is 5.88. The summed E-state index contributed by atoms with van der Waals surface area (Å²) in [4.78, 5) is 23.7. The van der Waals surface area contributed by atoms with Gasteiger partial charge in [0.1, 0.15) is 11.4 Å². The number of para-hydroxylation sites is 1. The molecule has 0 saturated carbocycles. The number of ether oxygens (including phenoxy) is 1. The predicted octanol–water partition coefficient (Wildman–Crippen LogP) is 5.03. The largest absolute Gasteiger partial charge is 0.487 e. The Kier molecular flexibility index (Phi) is 5.47. The van der Waals surface area contributed by atoms with Crippen molar-refractivity contribution in [2.75, 3.05) is 19.7 Å². The molecule has 1 aromatic heterocycles. The molecule has 1 spiro atoms. The van der Waals surface area contributed by atoms with Gasteiger partial charge in [-0.25, -0.2) is 10.3 Å². The number of benzene rings is 2. The van der Waals surface area contributed by atoms with Crippen LogP contribution in [0, 0.1) is 6.92 Å². The molecule has 1 N–H and O–H groups in total. The van der Waals surface area contributed by atoms with Gasteiger partial charge in [0.15, 0.2) is 0 Å². The van der Waals surface area contributed by atoms with Crippen molar-refractivity contribution in [1.82, 2.24) is 15.4 Å². The molecular formula is C26H29N3O3. The molecule has 5 rings (SSSR count). The van der Waals surface area contributed by atoms with Crippen molar-refractivity contribution >= 4 is 16.9 Å². The van der Waals surface area contributed by atoms with Gasteiger partial charge >= 0.3 is 6.03 Å². The Morgan fingerprint density at radius 3 is 2.81 bits per heavy atom. The van der Waals surface area contributed by atoms with Crippen LogP contribution in [0.3, 0.4) is 0 Å². The van der Waals surface area contributed by atoms with Gasteiger partial charge in [0, 0.05) is 43.1 Å². The number of likely N-dealkylation sites (tertiary alicyclic amines) is 1. The molecule has 3 aromatic rings. The molecule has 6 heteroatoms. The summed E-state index contributed by atoms with van der Waals surface area (Å²) in [5.74, 6) is 0.971.